The van der Waals surface area contributed by atoms with Gasteiger partial charge < -0.3 is 9.52 Å². The van der Waals surface area contributed by atoms with Crippen LogP contribution in [0.3, 0.4) is 0 Å². The van der Waals surface area contributed by atoms with E-state index in [9.17, 15) is 19.1 Å². The number of amides is 1. The van der Waals surface area contributed by atoms with Crippen molar-refractivity contribution in [1.29, 1.82) is 0 Å². The van der Waals surface area contributed by atoms with E-state index < -0.39 is 29.3 Å². The lowest BCUT2D eigenvalue weighted by atomic mass is 9.94. The van der Waals surface area contributed by atoms with Gasteiger partial charge in [0.1, 0.15) is 11.4 Å². The van der Waals surface area contributed by atoms with Crippen molar-refractivity contribution in [2.75, 3.05) is 4.90 Å². The minimum atomic E-state index is -0.951. The molecule has 1 aliphatic heterocycles. The fourth-order valence-corrected chi connectivity index (χ4v) is 4.59. The normalized spacial score (nSPS) is 16.0. The molecule has 34 heavy (non-hydrogen) atoms. The number of carbonyl (C=O) groups is 2. The number of nitrogens with zero attached hydrogens (tertiary/aromatic N) is 1. The number of carbonyl (C=O) groups excluding carboxylic acids is 2. The SMILES string of the molecule is CCc1ccc(N2C(=O)C(O)=C(C(=O)c3cc4cc(Br)ccc4o3)C2c2ccc(F)cc2)cc1. The molecule has 4 aromatic rings. The largest absolute Gasteiger partial charge is 0.503 e. The summed E-state index contributed by atoms with van der Waals surface area (Å²) < 4.78 is 20.2. The maximum atomic E-state index is 13.7. The van der Waals surface area contributed by atoms with Gasteiger partial charge >= 0.3 is 0 Å². The second-order valence-corrected chi connectivity index (χ2v) is 8.95. The van der Waals surface area contributed by atoms with E-state index in [0.29, 0.717) is 22.2 Å². The molecule has 1 N–H and O–H groups in total. The third kappa shape index (κ3) is 3.72. The number of aliphatic hydroxyl groups is 1. The lowest BCUT2D eigenvalue weighted by Crippen LogP contribution is -2.31. The monoisotopic (exact) mass is 519 g/mol. The third-order valence-electron chi connectivity index (χ3n) is 5.96. The van der Waals surface area contributed by atoms with E-state index in [2.05, 4.69) is 15.9 Å². The minimum Gasteiger partial charge on any atom is -0.503 e. The molecule has 1 unspecified atom stereocenters. The second-order valence-electron chi connectivity index (χ2n) is 8.03. The van der Waals surface area contributed by atoms with Gasteiger partial charge in [-0.05, 0) is 66.1 Å². The van der Waals surface area contributed by atoms with Gasteiger partial charge in [0.25, 0.3) is 5.91 Å². The Kier molecular flexibility index (Phi) is 5.57. The Labute approximate surface area is 203 Å². The van der Waals surface area contributed by atoms with Crippen molar-refractivity contribution in [1.82, 2.24) is 0 Å². The van der Waals surface area contributed by atoms with Crippen LogP contribution < -0.4 is 4.90 Å². The number of furan rings is 1. The standard InChI is InChI=1S/C27H19BrFNO4/c1-2-15-3-10-20(11-4-15)30-24(16-5-8-19(29)9-6-16)23(26(32)27(30)33)25(31)22-14-17-13-18(28)7-12-21(17)34-22/h3-14,24,32H,2H2,1H3. The number of ketones is 1. The first-order valence-corrected chi connectivity index (χ1v) is 11.5. The maximum Gasteiger partial charge on any atom is 0.294 e. The molecule has 0 saturated heterocycles. The molecular formula is C27H19BrFNO4. The highest BCUT2D eigenvalue weighted by molar-refractivity contribution is 9.10. The first-order chi connectivity index (χ1) is 16.4. The highest BCUT2D eigenvalue weighted by atomic mass is 79.9. The number of fused-ring (bicyclic) bond motifs is 1. The lowest BCUT2D eigenvalue weighted by Gasteiger charge is -2.27. The smallest absolute Gasteiger partial charge is 0.294 e. The molecule has 0 bridgehead atoms. The summed E-state index contributed by atoms with van der Waals surface area (Å²) in [6.07, 6.45) is 0.824. The Bertz CT molecular complexity index is 1450. The van der Waals surface area contributed by atoms with Gasteiger partial charge in [-0.3, -0.25) is 14.5 Å². The van der Waals surface area contributed by atoms with E-state index in [1.165, 1.54) is 29.2 Å². The molecule has 1 amide bonds. The van der Waals surface area contributed by atoms with Gasteiger partial charge in [-0.25, -0.2) is 4.39 Å². The molecule has 1 aromatic heterocycles. The number of rotatable bonds is 5. The summed E-state index contributed by atoms with van der Waals surface area (Å²) >= 11 is 3.39. The first kappa shape index (κ1) is 22.1. The number of halogens is 2. The van der Waals surface area contributed by atoms with Crippen LogP contribution in [0.25, 0.3) is 11.0 Å². The number of anilines is 1. The quantitative estimate of drug-likeness (QED) is 0.298. The molecule has 5 rings (SSSR count). The summed E-state index contributed by atoms with van der Waals surface area (Å²) in [5.74, 6) is -2.42. The van der Waals surface area contributed by atoms with Crippen molar-refractivity contribution in [2.45, 2.75) is 19.4 Å². The zero-order valence-electron chi connectivity index (χ0n) is 18.1. The molecule has 3 aromatic carbocycles. The van der Waals surface area contributed by atoms with Crippen LogP contribution in [-0.4, -0.2) is 16.8 Å². The summed E-state index contributed by atoms with van der Waals surface area (Å²) in [6.45, 7) is 2.02. The zero-order valence-corrected chi connectivity index (χ0v) is 19.7. The van der Waals surface area contributed by atoms with E-state index in [4.69, 9.17) is 4.42 Å². The molecule has 0 spiro atoms. The van der Waals surface area contributed by atoms with Gasteiger partial charge in [-0.15, -0.1) is 0 Å². The van der Waals surface area contributed by atoms with E-state index in [0.717, 1.165) is 16.5 Å². The first-order valence-electron chi connectivity index (χ1n) is 10.7. The molecule has 0 radical (unpaired) electrons. The maximum absolute atomic E-state index is 13.7. The van der Waals surface area contributed by atoms with Crippen LogP contribution in [0.5, 0.6) is 0 Å². The molecule has 1 aliphatic rings. The summed E-state index contributed by atoms with van der Waals surface area (Å²) in [4.78, 5) is 28.2. The van der Waals surface area contributed by atoms with E-state index in [1.54, 1.807) is 30.3 Å². The molecule has 0 aliphatic carbocycles. The highest BCUT2D eigenvalue weighted by Gasteiger charge is 2.45. The second kappa shape index (κ2) is 8.57. The molecule has 7 heteroatoms. The number of Topliss-reactive ketones (excluding diaryl/α,β-unsaturated/α-hetero) is 1. The molecule has 170 valence electrons. The van der Waals surface area contributed by atoms with Crippen LogP contribution in [0.15, 0.2) is 93.0 Å². The predicted octanol–water partition coefficient (Wildman–Crippen LogP) is 6.68. The zero-order chi connectivity index (χ0) is 24.0. The van der Waals surface area contributed by atoms with Gasteiger partial charge in [0.05, 0.1) is 11.6 Å². The van der Waals surface area contributed by atoms with Crippen LogP contribution in [-0.2, 0) is 11.2 Å². The van der Waals surface area contributed by atoms with Crippen molar-refractivity contribution in [3.05, 3.63) is 111 Å². The van der Waals surface area contributed by atoms with Crippen molar-refractivity contribution in [3.8, 4) is 0 Å². The van der Waals surface area contributed by atoms with Crippen LogP contribution in [0.1, 0.15) is 34.6 Å². The van der Waals surface area contributed by atoms with Crippen LogP contribution in [0, 0.1) is 5.82 Å². The Hall–Kier alpha value is -3.71. The van der Waals surface area contributed by atoms with Gasteiger partial charge in [0.15, 0.2) is 11.5 Å². The summed E-state index contributed by atoms with van der Waals surface area (Å²) in [6, 6.07) is 18.8. The Morgan fingerprint density at radius 1 is 1.06 bits per heavy atom. The number of benzene rings is 3. The van der Waals surface area contributed by atoms with Gasteiger partial charge in [0, 0.05) is 15.5 Å². The molecular weight excluding hydrogens is 501 g/mol. The Balaban J connectivity index is 1.64. The fourth-order valence-electron chi connectivity index (χ4n) is 4.22. The molecule has 2 heterocycles. The number of hydrogen-bond donors (Lipinski definition) is 1. The lowest BCUT2D eigenvalue weighted by molar-refractivity contribution is -0.117. The number of hydrogen-bond acceptors (Lipinski definition) is 4. The average Bonchev–Trinajstić information content (AvgIpc) is 3.38. The molecule has 0 fully saturated rings. The molecule has 1 atom stereocenters. The van der Waals surface area contributed by atoms with Crippen molar-refractivity contribution < 1.29 is 23.5 Å². The summed E-state index contributed by atoms with van der Waals surface area (Å²) in [5.41, 5.74) is 2.46. The predicted molar refractivity (Wildman–Crippen MR) is 130 cm³/mol. The summed E-state index contributed by atoms with van der Waals surface area (Å²) in [7, 11) is 0. The average molecular weight is 520 g/mol. The van der Waals surface area contributed by atoms with Crippen LogP contribution in [0.4, 0.5) is 10.1 Å². The minimum absolute atomic E-state index is 0.00209. The molecule has 5 nitrogen and oxygen atoms in total. The Morgan fingerprint density at radius 2 is 1.76 bits per heavy atom. The topological polar surface area (TPSA) is 70.8 Å². The van der Waals surface area contributed by atoms with Gasteiger partial charge in [-0.1, -0.05) is 47.1 Å². The highest BCUT2D eigenvalue weighted by Crippen LogP contribution is 2.42. The van der Waals surface area contributed by atoms with Crippen molar-refractivity contribution in [3.63, 3.8) is 0 Å². The Morgan fingerprint density at radius 3 is 2.44 bits per heavy atom. The third-order valence-corrected chi connectivity index (χ3v) is 6.46. The fraction of sp³-hybridized carbons (Fsp3) is 0.111. The number of aliphatic hydroxyl groups excluding tert-OH is 1. The number of aryl methyl sites for hydroxylation is 1. The van der Waals surface area contributed by atoms with Crippen LogP contribution in [0.2, 0.25) is 0 Å². The van der Waals surface area contributed by atoms with E-state index in [-0.39, 0.29) is 11.3 Å². The van der Waals surface area contributed by atoms with Crippen molar-refractivity contribution in [2.24, 2.45) is 0 Å². The van der Waals surface area contributed by atoms with E-state index >= 15 is 0 Å². The van der Waals surface area contributed by atoms with Crippen molar-refractivity contribution >= 4 is 44.3 Å². The molecule has 0 saturated carbocycles. The van der Waals surface area contributed by atoms with E-state index in [1.807, 2.05) is 25.1 Å². The summed E-state index contributed by atoms with van der Waals surface area (Å²) in [5, 5.41) is 11.6. The van der Waals surface area contributed by atoms with Gasteiger partial charge in [-0.2, -0.15) is 0 Å². The van der Waals surface area contributed by atoms with Gasteiger partial charge in [0.2, 0.25) is 5.78 Å². The van der Waals surface area contributed by atoms with Crippen LogP contribution >= 0.6 is 15.9 Å².